The van der Waals surface area contributed by atoms with E-state index in [9.17, 15) is 0 Å². The molecule has 0 saturated heterocycles. The van der Waals surface area contributed by atoms with Gasteiger partial charge < -0.3 is 13.7 Å². The number of fused-ring (bicyclic) bond motifs is 9. The summed E-state index contributed by atoms with van der Waals surface area (Å²) in [5, 5.41) is 12.7. The highest BCUT2D eigenvalue weighted by Gasteiger charge is 2.42. The van der Waals surface area contributed by atoms with Crippen LogP contribution in [0.5, 0.6) is 0 Å². The Morgan fingerprint density at radius 1 is 0.159 bits per heavy atom. The maximum atomic E-state index is 2.55. The molecule has 0 radical (unpaired) electrons. The van der Waals surface area contributed by atoms with Gasteiger partial charge in [-0.15, -0.1) is 0 Å². The molecular formula is C84H57N3Si. The minimum atomic E-state index is -2.99. The van der Waals surface area contributed by atoms with Crippen molar-refractivity contribution < 1.29 is 0 Å². The molecule has 17 rings (SSSR count). The average molecular weight is 1140 g/mol. The molecule has 0 fully saturated rings. The first-order chi connectivity index (χ1) is 43.6. The fourth-order valence-electron chi connectivity index (χ4n) is 14.4. The zero-order valence-corrected chi connectivity index (χ0v) is 49.3. The van der Waals surface area contributed by atoms with Crippen molar-refractivity contribution in [3.05, 3.63) is 346 Å². The third kappa shape index (κ3) is 8.33. The SMILES string of the molecule is c1ccc(-c2cc(-n3c4ccccc4c4cc([Si](c5ccccc5)(c5ccccc5)c5cccc(-c6ccccc6)c5)ccc43)cc(-n3c4ccccc4c4ccc(-n5c6ccc(-c7ccccc7)cc6c6cc(-c7ccccc7)ccc65)cc43)c2)cc1. The Morgan fingerprint density at radius 3 is 1.03 bits per heavy atom. The third-order valence-electron chi connectivity index (χ3n) is 18.3. The van der Waals surface area contributed by atoms with Crippen molar-refractivity contribution in [2.24, 2.45) is 0 Å². The van der Waals surface area contributed by atoms with Crippen LogP contribution in [0.25, 0.3) is 127 Å². The summed E-state index contributed by atoms with van der Waals surface area (Å²) in [6, 6.07) is 129. The standard InChI is InChI=1S/C84H57N3Si/c1-7-24-58(25-8-1)62-32-23-37-71(52-62)88(69-33-15-5-16-34-69,70-35-17-6-18-36-70)72-45-49-83-78(57-72)74-39-20-22-41-80(74)86(83)67-50-65(61-30-13-4-14-31-61)51-68(55-67)87-79-40-21-19-38-73(79)75-46-44-66(56-84(75)87)85-81-47-42-63(59-26-9-2-10-27-59)53-76(81)77-54-64(43-48-82(77)85)60-28-11-3-12-29-60/h1-57H. The molecule has 0 saturated carbocycles. The summed E-state index contributed by atoms with van der Waals surface area (Å²) < 4.78 is 7.49. The number of para-hydroxylation sites is 2. The molecule has 0 amide bonds. The van der Waals surface area contributed by atoms with E-state index >= 15 is 0 Å². The van der Waals surface area contributed by atoms with Crippen LogP contribution in [0.3, 0.4) is 0 Å². The molecule has 88 heavy (non-hydrogen) atoms. The van der Waals surface area contributed by atoms with Crippen LogP contribution in [-0.2, 0) is 0 Å². The van der Waals surface area contributed by atoms with Gasteiger partial charge in [0.1, 0.15) is 0 Å². The number of hydrogen-bond acceptors (Lipinski definition) is 0. The van der Waals surface area contributed by atoms with Gasteiger partial charge in [0.05, 0.1) is 33.1 Å². The summed E-state index contributed by atoms with van der Waals surface area (Å²) in [7, 11) is -2.99. The van der Waals surface area contributed by atoms with E-state index in [0.717, 1.165) is 61.3 Å². The molecule has 4 heteroatoms. The molecule has 14 aromatic carbocycles. The Hall–Kier alpha value is -11.3. The van der Waals surface area contributed by atoms with Gasteiger partial charge in [0.25, 0.3) is 0 Å². The second kappa shape index (κ2) is 21.0. The lowest BCUT2D eigenvalue weighted by molar-refractivity contribution is 1.13. The molecule has 0 N–H and O–H groups in total. The summed E-state index contributed by atoms with van der Waals surface area (Å²) in [6.07, 6.45) is 0. The van der Waals surface area contributed by atoms with E-state index in [1.54, 1.807) is 0 Å². The van der Waals surface area contributed by atoms with Gasteiger partial charge in [0, 0.05) is 49.4 Å². The molecule has 0 unspecified atom stereocenters. The topological polar surface area (TPSA) is 14.8 Å². The van der Waals surface area contributed by atoms with Crippen molar-refractivity contribution in [2.75, 3.05) is 0 Å². The van der Waals surface area contributed by atoms with Crippen molar-refractivity contribution in [1.82, 2.24) is 13.7 Å². The first kappa shape index (κ1) is 51.1. The van der Waals surface area contributed by atoms with Crippen molar-refractivity contribution in [2.45, 2.75) is 0 Å². The molecule has 3 heterocycles. The van der Waals surface area contributed by atoms with E-state index in [2.05, 4.69) is 359 Å². The lowest BCUT2D eigenvalue weighted by Gasteiger charge is -2.35. The molecule has 0 bridgehead atoms. The molecule has 0 aliphatic carbocycles. The lowest BCUT2D eigenvalue weighted by atomic mass is 10.0. The van der Waals surface area contributed by atoms with Gasteiger partial charge in [-0.05, 0) is 138 Å². The Labute approximate surface area is 512 Å². The lowest BCUT2D eigenvalue weighted by Crippen LogP contribution is -2.74. The summed E-state index contributed by atoms with van der Waals surface area (Å²) in [6.45, 7) is 0. The van der Waals surface area contributed by atoms with Gasteiger partial charge in [-0.1, -0.05) is 273 Å². The van der Waals surface area contributed by atoms with Gasteiger partial charge in [0.15, 0.2) is 8.07 Å². The average Bonchev–Trinajstić information content (AvgIpc) is 3.24. The molecule has 17 aromatic rings. The van der Waals surface area contributed by atoms with Crippen LogP contribution in [0.4, 0.5) is 0 Å². The van der Waals surface area contributed by atoms with Crippen LogP contribution < -0.4 is 20.7 Å². The number of aromatic nitrogens is 3. The van der Waals surface area contributed by atoms with Crippen LogP contribution in [0.15, 0.2) is 346 Å². The number of benzene rings is 14. The van der Waals surface area contributed by atoms with E-state index in [-0.39, 0.29) is 0 Å². The zero-order chi connectivity index (χ0) is 58.1. The molecule has 0 aliphatic heterocycles. The van der Waals surface area contributed by atoms with Gasteiger partial charge in [0.2, 0.25) is 0 Å². The summed E-state index contributed by atoms with van der Waals surface area (Å²) in [5.41, 5.74) is 19.7. The maximum absolute atomic E-state index is 2.99. The predicted octanol–water partition coefficient (Wildman–Crippen LogP) is 19.0. The van der Waals surface area contributed by atoms with Gasteiger partial charge >= 0.3 is 0 Å². The minimum absolute atomic E-state index is 1.09. The minimum Gasteiger partial charge on any atom is -0.309 e. The van der Waals surface area contributed by atoms with E-state index in [4.69, 9.17) is 0 Å². The Balaban J connectivity index is 0.892. The van der Waals surface area contributed by atoms with Crippen LogP contribution in [0, 0.1) is 0 Å². The molecule has 3 nitrogen and oxygen atoms in total. The number of rotatable bonds is 11. The van der Waals surface area contributed by atoms with Crippen molar-refractivity contribution >= 4 is 94.2 Å². The molecule has 0 atom stereocenters. The highest BCUT2D eigenvalue weighted by atomic mass is 28.3. The van der Waals surface area contributed by atoms with Crippen LogP contribution in [-0.4, -0.2) is 21.8 Å². The Morgan fingerprint density at radius 2 is 0.511 bits per heavy atom. The number of nitrogens with zero attached hydrogens (tertiary/aromatic N) is 3. The molecule has 0 spiro atoms. The molecule has 0 aliphatic rings. The molecule has 412 valence electrons. The van der Waals surface area contributed by atoms with Gasteiger partial charge in [-0.2, -0.15) is 0 Å². The number of hydrogen-bond donors (Lipinski definition) is 0. The first-order valence-electron chi connectivity index (χ1n) is 30.4. The van der Waals surface area contributed by atoms with E-state index in [1.165, 1.54) is 86.4 Å². The van der Waals surface area contributed by atoms with Crippen molar-refractivity contribution in [3.8, 4) is 61.6 Å². The summed E-state index contributed by atoms with van der Waals surface area (Å²) >= 11 is 0. The van der Waals surface area contributed by atoms with Crippen LogP contribution in [0.1, 0.15) is 0 Å². The predicted molar refractivity (Wildman–Crippen MR) is 375 cm³/mol. The monoisotopic (exact) mass is 1140 g/mol. The largest absolute Gasteiger partial charge is 0.309 e. The van der Waals surface area contributed by atoms with Crippen LogP contribution >= 0.6 is 0 Å². The zero-order valence-electron chi connectivity index (χ0n) is 48.3. The normalized spacial score (nSPS) is 11.9. The summed E-state index contributed by atoms with van der Waals surface area (Å²) in [4.78, 5) is 0. The highest BCUT2D eigenvalue weighted by molar-refractivity contribution is 7.20. The van der Waals surface area contributed by atoms with E-state index < -0.39 is 8.07 Å². The van der Waals surface area contributed by atoms with E-state index in [0.29, 0.717) is 0 Å². The van der Waals surface area contributed by atoms with Gasteiger partial charge in [-0.3, -0.25) is 0 Å². The third-order valence-corrected chi connectivity index (χ3v) is 23.1. The Bertz CT molecular complexity index is 5340. The fraction of sp³-hybridized carbons (Fsp3) is 0. The van der Waals surface area contributed by atoms with E-state index in [1.807, 2.05) is 0 Å². The smallest absolute Gasteiger partial charge is 0.179 e. The van der Waals surface area contributed by atoms with Gasteiger partial charge in [-0.25, -0.2) is 0 Å². The summed E-state index contributed by atoms with van der Waals surface area (Å²) in [5.74, 6) is 0. The quantitative estimate of drug-likeness (QED) is 0.0906. The first-order valence-corrected chi connectivity index (χ1v) is 32.4. The van der Waals surface area contributed by atoms with Crippen molar-refractivity contribution in [3.63, 3.8) is 0 Å². The fourth-order valence-corrected chi connectivity index (χ4v) is 19.2. The molecular weight excluding hydrogens is 1080 g/mol. The maximum Gasteiger partial charge on any atom is 0.179 e. The van der Waals surface area contributed by atoms with Crippen LogP contribution in [0.2, 0.25) is 0 Å². The van der Waals surface area contributed by atoms with Crippen molar-refractivity contribution in [1.29, 1.82) is 0 Å². The Kier molecular flexibility index (Phi) is 12.2. The second-order valence-corrected chi connectivity index (χ2v) is 27.0. The second-order valence-electron chi connectivity index (χ2n) is 23.2. The highest BCUT2D eigenvalue weighted by Crippen LogP contribution is 2.42. The molecule has 3 aromatic heterocycles.